The zero-order chi connectivity index (χ0) is 17.6. The maximum Gasteiger partial charge on any atom is 0.176 e. The van der Waals surface area contributed by atoms with Crippen molar-refractivity contribution in [3.05, 3.63) is 82.1 Å². The van der Waals surface area contributed by atoms with Crippen LogP contribution in [0.15, 0.2) is 64.2 Å². The third-order valence-corrected chi connectivity index (χ3v) is 3.99. The predicted molar refractivity (Wildman–Crippen MR) is 93.7 cm³/mol. The van der Waals surface area contributed by atoms with Crippen LogP contribution in [0.1, 0.15) is 16.3 Å². The summed E-state index contributed by atoms with van der Waals surface area (Å²) < 4.78 is 26.9. The summed E-state index contributed by atoms with van der Waals surface area (Å²) in [5.74, 6) is -0.506. The van der Waals surface area contributed by atoms with Crippen LogP contribution in [0.3, 0.4) is 0 Å². The number of benzene rings is 1. The molecule has 0 atom stereocenters. The molecule has 2 heterocycles. The molecule has 0 amide bonds. The second kappa shape index (κ2) is 7.71. The Morgan fingerprint density at radius 2 is 1.96 bits per heavy atom. The summed E-state index contributed by atoms with van der Waals surface area (Å²) in [6.07, 6.45) is 2.66. The van der Waals surface area contributed by atoms with Gasteiger partial charge in [-0.3, -0.25) is 4.99 Å². The number of aliphatic imine (C=N–C) groups is 2. The lowest BCUT2D eigenvalue weighted by molar-refractivity contribution is 0.611. The summed E-state index contributed by atoms with van der Waals surface area (Å²) in [5.41, 5.74) is 6.69. The number of hydrogen-bond donors (Lipinski definition) is 1. The second-order valence-corrected chi connectivity index (χ2v) is 5.82. The molecule has 0 unspecified atom stereocenters. The van der Waals surface area contributed by atoms with E-state index in [1.165, 1.54) is 29.5 Å². The monoisotopic (exact) mass is 357 g/mol. The van der Waals surface area contributed by atoms with Gasteiger partial charge in [0.25, 0.3) is 0 Å². The van der Waals surface area contributed by atoms with Crippen molar-refractivity contribution >= 4 is 23.0 Å². The molecule has 0 radical (unpaired) electrons. The van der Waals surface area contributed by atoms with Gasteiger partial charge < -0.3 is 5.73 Å². The van der Waals surface area contributed by atoms with E-state index in [9.17, 15) is 8.78 Å². The first-order valence-electron chi connectivity index (χ1n) is 7.27. The van der Waals surface area contributed by atoms with Gasteiger partial charge in [-0.2, -0.15) is 0 Å². The number of pyridine rings is 1. The Kier molecular flexibility index (Phi) is 5.20. The minimum atomic E-state index is -0.478. The quantitative estimate of drug-likeness (QED) is 0.575. The molecule has 126 valence electrons. The molecule has 0 saturated carbocycles. The highest BCUT2D eigenvalue weighted by atomic mass is 32.1. The van der Waals surface area contributed by atoms with Crippen molar-refractivity contribution in [1.82, 2.24) is 9.97 Å². The van der Waals surface area contributed by atoms with Crippen molar-refractivity contribution in [2.45, 2.75) is 6.54 Å². The summed E-state index contributed by atoms with van der Waals surface area (Å²) >= 11 is 1.33. The maximum atomic E-state index is 13.8. The van der Waals surface area contributed by atoms with E-state index in [-0.39, 0.29) is 24.0 Å². The fourth-order valence-electron chi connectivity index (χ4n) is 1.98. The highest BCUT2D eigenvalue weighted by Gasteiger charge is 2.09. The van der Waals surface area contributed by atoms with Gasteiger partial charge in [-0.1, -0.05) is 18.2 Å². The van der Waals surface area contributed by atoms with E-state index >= 15 is 0 Å². The van der Waals surface area contributed by atoms with Crippen LogP contribution >= 0.6 is 11.3 Å². The van der Waals surface area contributed by atoms with Crippen molar-refractivity contribution in [3.8, 4) is 0 Å². The van der Waals surface area contributed by atoms with E-state index in [0.29, 0.717) is 16.3 Å². The summed E-state index contributed by atoms with van der Waals surface area (Å²) in [7, 11) is 0. The van der Waals surface area contributed by atoms with Gasteiger partial charge in [-0.25, -0.2) is 23.7 Å². The van der Waals surface area contributed by atoms with E-state index in [1.807, 2.05) is 0 Å². The minimum Gasteiger partial charge on any atom is -0.381 e. The molecule has 0 spiro atoms. The molecule has 3 aromatic rings. The van der Waals surface area contributed by atoms with Gasteiger partial charge >= 0.3 is 0 Å². The smallest absolute Gasteiger partial charge is 0.176 e. The third-order valence-electron chi connectivity index (χ3n) is 3.19. The van der Waals surface area contributed by atoms with Crippen molar-refractivity contribution < 1.29 is 8.78 Å². The summed E-state index contributed by atoms with van der Waals surface area (Å²) in [6, 6.07) is 8.99. The Labute approximate surface area is 146 Å². The molecule has 0 aliphatic rings. The molecule has 0 saturated heterocycles. The molecule has 0 bridgehead atoms. The van der Waals surface area contributed by atoms with E-state index in [1.54, 1.807) is 29.8 Å². The molecule has 1 aromatic carbocycles. The number of thiazole rings is 1. The molecule has 2 aromatic heterocycles. The molecule has 2 N–H and O–H groups in total. The number of amidine groups is 2. The first-order valence-corrected chi connectivity index (χ1v) is 8.15. The highest BCUT2D eigenvalue weighted by molar-refractivity contribution is 7.11. The first kappa shape index (κ1) is 16.8. The maximum absolute atomic E-state index is 13.8. The number of aromatic nitrogens is 2. The Balaban J connectivity index is 1.96. The topological polar surface area (TPSA) is 76.5 Å². The Morgan fingerprint density at radius 3 is 2.64 bits per heavy atom. The van der Waals surface area contributed by atoms with E-state index in [2.05, 4.69) is 20.0 Å². The normalized spacial score (nSPS) is 12.4. The second-order valence-electron chi connectivity index (χ2n) is 4.93. The summed E-state index contributed by atoms with van der Waals surface area (Å²) in [6.45, 7) is 0.0513. The standard InChI is InChI=1S/C17H13F2N5S/c18-12-5-6-14(22-10-12)16(24-15(20)17-21-7-8-25-17)23-9-11-3-1-2-4-13(11)19/h1-8,10H,9H2,(H2,20,23,24). The number of rotatable bonds is 4. The van der Waals surface area contributed by atoms with E-state index in [4.69, 9.17) is 5.73 Å². The summed E-state index contributed by atoms with van der Waals surface area (Å²) in [5, 5.41) is 2.30. The Hall–Kier alpha value is -3.00. The lowest BCUT2D eigenvalue weighted by atomic mass is 10.2. The van der Waals surface area contributed by atoms with Crippen LogP contribution in [0.25, 0.3) is 0 Å². The zero-order valence-corrected chi connectivity index (χ0v) is 13.8. The molecule has 0 fully saturated rings. The van der Waals surface area contributed by atoms with Crippen LogP contribution in [0, 0.1) is 11.6 Å². The largest absolute Gasteiger partial charge is 0.381 e. The lowest BCUT2D eigenvalue weighted by Gasteiger charge is -2.04. The number of nitrogens with two attached hydrogens (primary N) is 1. The fourth-order valence-corrected chi connectivity index (χ4v) is 2.52. The predicted octanol–water partition coefficient (Wildman–Crippen LogP) is 3.17. The minimum absolute atomic E-state index is 0.0513. The Morgan fingerprint density at radius 1 is 1.12 bits per heavy atom. The van der Waals surface area contributed by atoms with Gasteiger partial charge in [0.2, 0.25) is 0 Å². The van der Waals surface area contributed by atoms with Gasteiger partial charge in [0, 0.05) is 17.1 Å². The molecule has 0 aliphatic carbocycles. The molecule has 5 nitrogen and oxygen atoms in total. The van der Waals surface area contributed by atoms with Gasteiger partial charge in [-0.15, -0.1) is 11.3 Å². The molecular weight excluding hydrogens is 344 g/mol. The van der Waals surface area contributed by atoms with E-state index in [0.717, 1.165) is 6.20 Å². The Bertz CT molecular complexity index is 905. The fraction of sp³-hybridized carbons (Fsp3) is 0.0588. The highest BCUT2D eigenvalue weighted by Crippen LogP contribution is 2.11. The first-order chi connectivity index (χ1) is 12.1. The van der Waals surface area contributed by atoms with Crippen LogP contribution in [-0.4, -0.2) is 21.6 Å². The van der Waals surface area contributed by atoms with Crippen LogP contribution in [0.4, 0.5) is 8.78 Å². The van der Waals surface area contributed by atoms with Gasteiger partial charge in [0.15, 0.2) is 16.7 Å². The number of hydrogen-bond acceptors (Lipinski definition) is 4. The molecule has 3 rings (SSSR count). The zero-order valence-electron chi connectivity index (χ0n) is 12.9. The average molecular weight is 357 g/mol. The number of nitrogens with zero attached hydrogens (tertiary/aromatic N) is 4. The lowest BCUT2D eigenvalue weighted by Crippen LogP contribution is -2.16. The molecule has 8 heteroatoms. The van der Waals surface area contributed by atoms with Crippen molar-refractivity contribution in [3.63, 3.8) is 0 Å². The van der Waals surface area contributed by atoms with Gasteiger partial charge in [-0.05, 0) is 18.2 Å². The molecular formula is C17H13F2N5S. The molecule has 25 heavy (non-hydrogen) atoms. The van der Waals surface area contributed by atoms with Gasteiger partial charge in [0.1, 0.15) is 17.3 Å². The van der Waals surface area contributed by atoms with Crippen molar-refractivity contribution in [2.24, 2.45) is 15.7 Å². The van der Waals surface area contributed by atoms with Gasteiger partial charge in [0.05, 0.1) is 12.7 Å². The third kappa shape index (κ3) is 4.30. The van der Waals surface area contributed by atoms with Crippen LogP contribution in [-0.2, 0) is 6.54 Å². The number of halogens is 2. The van der Waals surface area contributed by atoms with Crippen molar-refractivity contribution in [2.75, 3.05) is 0 Å². The van der Waals surface area contributed by atoms with Crippen LogP contribution in [0.2, 0.25) is 0 Å². The van der Waals surface area contributed by atoms with Crippen LogP contribution < -0.4 is 5.73 Å². The van der Waals surface area contributed by atoms with E-state index < -0.39 is 5.82 Å². The van der Waals surface area contributed by atoms with Crippen LogP contribution in [0.5, 0.6) is 0 Å². The van der Waals surface area contributed by atoms with Crippen molar-refractivity contribution in [1.29, 1.82) is 0 Å². The molecule has 0 aliphatic heterocycles. The summed E-state index contributed by atoms with van der Waals surface area (Å²) in [4.78, 5) is 16.6. The SMILES string of the molecule is NC(=NC(=NCc1ccccc1F)c1ccc(F)cn1)c1nccs1. The average Bonchev–Trinajstić information content (AvgIpc) is 3.15.